The monoisotopic (exact) mass is 400 g/mol. The minimum Gasteiger partial charge on any atom is -0.461 e. The molecule has 0 spiro atoms. The molecule has 2 heterocycles. The molecular weight excluding hydrogens is 384 g/mol. The molecule has 0 bridgehead atoms. The molecule has 0 fully saturated rings. The Balaban J connectivity index is 2.00. The zero-order valence-corrected chi connectivity index (χ0v) is 15.7. The van der Waals surface area contributed by atoms with Crippen molar-refractivity contribution in [1.29, 1.82) is 0 Å². The number of rotatable bonds is 3. The van der Waals surface area contributed by atoms with Crippen molar-refractivity contribution in [1.82, 2.24) is 0 Å². The van der Waals surface area contributed by atoms with E-state index in [2.05, 4.69) is 0 Å². The Hall–Kier alpha value is -2.83. The number of fused-ring (bicyclic) bond motifs is 3. The number of carbonyl (C=O) groups is 1. The van der Waals surface area contributed by atoms with Gasteiger partial charge in [0.25, 0.3) is 0 Å². The molecule has 2 atom stereocenters. The van der Waals surface area contributed by atoms with Crippen LogP contribution in [0.1, 0.15) is 30.4 Å². The van der Waals surface area contributed by atoms with Gasteiger partial charge in [0, 0.05) is 17.4 Å². The van der Waals surface area contributed by atoms with Crippen LogP contribution in [-0.2, 0) is 9.53 Å². The van der Waals surface area contributed by atoms with Crippen LogP contribution in [0.25, 0.3) is 11.0 Å². The van der Waals surface area contributed by atoms with Crippen LogP contribution in [0.4, 0.5) is 0 Å². The molecule has 1 aliphatic rings. The molecule has 2 aromatic carbocycles. The van der Waals surface area contributed by atoms with E-state index < -0.39 is 23.3 Å². The highest BCUT2D eigenvalue weighted by Crippen LogP contribution is 2.45. The molecule has 0 amide bonds. The topological polar surface area (TPSA) is 86.0 Å². The maximum Gasteiger partial charge on any atom is 0.379 e. The molecule has 144 valence electrons. The molecule has 0 aliphatic carbocycles. The van der Waals surface area contributed by atoms with Gasteiger partial charge in [0.2, 0.25) is 0 Å². The fourth-order valence-electron chi connectivity index (χ4n) is 3.50. The van der Waals surface area contributed by atoms with E-state index in [0.29, 0.717) is 10.4 Å². The second-order valence-corrected chi connectivity index (χ2v) is 6.98. The minimum absolute atomic E-state index is 0.0735. The highest BCUT2D eigenvalue weighted by molar-refractivity contribution is 6.31. The summed E-state index contributed by atoms with van der Waals surface area (Å²) in [6.07, 6.45) is -0.181. The summed E-state index contributed by atoms with van der Waals surface area (Å²) < 4.78 is 16.2. The lowest BCUT2D eigenvalue weighted by Gasteiger charge is -2.36. The first kappa shape index (κ1) is 18.5. The summed E-state index contributed by atoms with van der Waals surface area (Å²) >= 11 is 6.11. The predicted octanol–water partition coefficient (Wildman–Crippen LogP) is 3.61. The van der Waals surface area contributed by atoms with E-state index in [1.807, 2.05) is 30.3 Å². The predicted molar refractivity (Wildman–Crippen MR) is 103 cm³/mol. The number of aliphatic hydroxyl groups is 1. The lowest BCUT2D eigenvalue weighted by molar-refractivity contribution is -0.205. The fourth-order valence-corrected chi connectivity index (χ4v) is 3.67. The van der Waals surface area contributed by atoms with Gasteiger partial charge in [0.15, 0.2) is 0 Å². The lowest BCUT2D eigenvalue weighted by Crippen LogP contribution is -2.50. The molecule has 1 aromatic heterocycles. The summed E-state index contributed by atoms with van der Waals surface area (Å²) in [5.74, 6) is -3.71. The molecule has 0 saturated carbocycles. The molecule has 28 heavy (non-hydrogen) atoms. The Bertz CT molecular complexity index is 1110. The first-order valence-corrected chi connectivity index (χ1v) is 9.20. The Morgan fingerprint density at radius 3 is 2.75 bits per heavy atom. The van der Waals surface area contributed by atoms with E-state index in [1.54, 1.807) is 19.1 Å². The van der Waals surface area contributed by atoms with Gasteiger partial charge in [-0.3, -0.25) is 0 Å². The summed E-state index contributed by atoms with van der Waals surface area (Å²) in [5.41, 5.74) is 0.621. The molecule has 0 saturated heterocycles. The maximum atomic E-state index is 12.8. The Morgan fingerprint density at radius 2 is 2.04 bits per heavy atom. The zero-order chi connectivity index (χ0) is 19.9. The summed E-state index contributed by atoms with van der Waals surface area (Å²) in [7, 11) is 0. The summed E-state index contributed by atoms with van der Waals surface area (Å²) in [6, 6.07) is 13.8. The van der Waals surface area contributed by atoms with Gasteiger partial charge >= 0.3 is 17.4 Å². The van der Waals surface area contributed by atoms with Gasteiger partial charge < -0.3 is 19.0 Å². The first-order valence-electron chi connectivity index (χ1n) is 8.83. The summed E-state index contributed by atoms with van der Waals surface area (Å²) in [5, 5.41) is 11.8. The van der Waals surface area contributed by atoms with Crippen molar-refractivity contribution in [2.75, 3.05) is 6.61 Å². The fraction of sp³-hybridized carbons (Fsp3) is 0.238. The maximum absolute atomic E-state index is 12.8. The molecule has 3 aromatic rings. The van der Waals surface area contributed by atoms with E-state index in [4.69, 9.17) is 25.5 Å². The largest absolute Gasteiger partial charge is 0.461 e. The quantitative estimate of drug-likeness (QED) is 0.534. The van der Waals surface area contributed by atoms with Crippen LogP contribution >= 0.6 is 11.6 Å². The van der Waals surface area contributed by atoms with E-state index in [9.17, 15) is 14.7 Å². The average Bonchev–Trinajstić information content (AvgIpc) is 2.69. The van der Waals surface area contributed by atoms with E-state index in [-0.39, 0.29) is 29.9 Å². The number of benzene rings is 2. The van der Waals surface area contributed by atoms with Gasteiger partial charge in [-0.2, -0.15) is 0 Å². The third kappa shape index (κ3) is 3.04. The van der Waals surface area contributed by atoms with Crippen LogP contribution < -0.4 is 10.4 Å². The SMILES string of the molecule is CCOC(=O)C1(O)CC(c2ccccc2)c2c(c3cc(Cl)ccc3oc2=O)O1. The second kappa shape index (κ2) is 6.96. The molecule has 2 unspecified atom stereocenters. The Kier molecular flexibility index (Phi) is 4.61. The molecule has 1 N–H and O–H groups in total. The number of carbonyl (C=O) groups excluding carboxylic acids is 1. The minimum atomic E-state index is -2.24. The van der Waals surface area contributed by atoms with Crippen LogP contribution in [0.15, 0.2) is 57.7 Å². The van der Waals surface area contributed by atoms with Gasteiger partial charge in [0.05, 0.1) is 17.6 Å². The summed E-state index contributed by atoms with van der Waals surface area (Å²) in [4.78, 5) is 25.2. The molecular formula is C21H17ClO6. The highest BCUT2D eigenvalue weighted by atomic mass is 35.5. The van der Waals surface area contributed by atoms with Gasteiger partial charge in [0.1, 0.15) is 11.3 Å². The Labute approximate surface area is 165 Å². The number of hydrogen-bond acceptors (Lipinski definition) is 6. The molecule has 0 radical (unpaired) electrons. The molecule has 1 aliphatic heterocycles. The van der Waals surface area contributed by atoms with Crippen LogP contribution in [0.3, 0.4) is 0 Å². The van der Waals surface area contributed by atoms with Gasteiger partial charge in [-0.1, -0.05) is 41.9 Å². The highest BCUT2D eigenvalue weighted by Gasteiger charge is 2.49. The first-order chi connectivity index (χ1) is 13.4. The van der Waals surface area contributed by atoms with Crippen molar-refractivity contribution in [3.8, 4) is 5.75 Å². The van der Waals surface area contributed by atoms with Crippen LogP contribution in [0.5, 0.6) is 5.75 Å². The summed E-state index contributed by atoms with van der Waals surface area (Å²) in [6.45, 7) is 1.72. The lowest BCUT2D eigenvalue weighted by atomic mass is 9.83. The van der Waals surface area contributed by atoms with Crippen LogP contribution in [0, 0.1) is 0 Å². The third-order valence-electron chi connectivity index (χ3n) is 4.75. The molecule has 6 nitrogen and oxygen atoms in total. The van der Waals surface area contributed by atoms with Crippen molar-refractivity contribution in [3.05, 3.63) is 75.1 Å². The molecule has 4 rings (SSSR count). The van der Waals surface area contributed by atoms with Crippen LogP contribution in [0.2, 0.25) is 5.02 Å². The average molecular weight is 401 g/mol. The van der Waals surface area contributed by atoms with Crippen molar-refractivity contribution in [3.63, 3.8) is 0 Å². The van der Waals surface area contributed by atoms with Crippen molar-refractivity contribution >= 4 is 28.5 Å². The number of esters is 1. The van der Waals surface area contributed by atoms with Crippen molar-refractivity contribution in [2.24, 2.45) is 0 Å². The second-order valence-electron chi connectivity index (χ2n) is 6.55. The number of halogens is 1. The van der Waals surface area contributed by atoms with Crippen molar-refractivity contribution < 1.29 is 23.8 Å². The number of hydrogen-bond donors (Lipinski definition) is 1. The van der Waals surface area contributed by atoms with E-state index >= 15 is 0 Å². The zero-order valence-electron chi connectivity index (χ0n) is 15.0. The van der Waals surface area contributed by atoms with Crippen molar-refractivity contribution in [2.45, 2.75) is 25.0 Å². The Morgan fingerprint density at radius 1 is 1.29 bits per heavy atom. The van der Waals surface area contributed by atoms with E-state index in [0.717, 1.165) is 5.56 Å². The smallest absolute Gasteiger partial charge is 0.379 e. The third-order valence-corrected chi connectivity index (χ3v) is 4.99. The van der Waals surface area contributed by atoms with E-state index in [1.165, 1.54) is 6.07 Å². The van der Waals surface area contributed by atoms with Gasteiger partial charge in [-0.25, -0.2) is 9.59 Å². The van der Waals surface area contributed by atoms with Gasteiger partial charge in [-0.15, -0.1) is 0 Å². The normalized spacial score (nSPS) is 21.0. The van der Waals surface area contributed by atoms with Crippen LogP contribution in [-0.4, -0.2) is 23.5 Å². The standard InChI is InChI=1S/C21H17ClO6/c1-2-26-20(24)21(25)11-15(12-6-4-3-5-7-12)17-18(28-21)14-10-13(22)8-9-16(14)27-19(17)23/h3-10,15,25H,2,11H2,1H3. The number of ether oxygens (including phenoxy) is 2. The molecule has 7 heteroatoms. The van der Waals surface area contributed by atoms with Gasteiger partial charge in [-0.05, 0) is 30.7 Å².